The molecule has 0 saturated carbocycles. The third-order valence-corrected chi connectivity index (χ3v) is 2.73. The van der Waals surface area contributed by atoms with E-state index in [1.165, 1.54) is 12.1 Å². The van der Waals surface area contributed by atoms with Crippen molar-refractivity contribution in [3.63, 3.8) is 0 Å². The van der Waals surface area contributed by atoms with E-state index in [1.54, 1.807) is 35.0 Å². The van der Waals surface area contributed by atoms with Gasteiger partial charge in [-0.1, -0.05) is 0 Å². The zero-order valence-electron chi connectivity index (χ0n) is 9.34. The summed E-state index contributed by atoms with van der Waals surface area (Å²) in [6.07, 6.45) is 1.74. The van der Waals surface area contributed by atoms with Crippen LogP contribution in [0.3, 0.4) is 0 Å². The van der Waals surface area contributed by atoms with E-state index in [1.807, 2.05) is 6.07 Å². The molecule has 0 aliphatic rings. The molecule has 0 amide bonds. The lowest BCUT2D eigenvalue weighted by Crippen LogP contribution is -1.87. The van der Waals surface area contributed by atoms with Crippen LogP contribution in [0.25, 0.3) is 16.8 Å². The Balaban J connectivity index is 2.13. The molecule has 0 unspecified atom stereocenters. The second kappa shape index (κ2) is 3.97. The van der Waals surface area contributed by atoms with E-state index in [0.717, 1.165) is 16.8 Å². The summed E-state index contributed by atoms with van der Waals surface area (Å²) in [6.45, 7) is 0. The second-order valence-electron chi connectivity index (χ2n) is 3.93. The van der Waals surface area contributed by atoms with Gasteiger partial charge in [0.25, 0.3) is 0 Å². The van der Waals surface area contributed by atoms with Crippen LogP contribution in [0.5, 0.6) is 0 Å². The van der Waals surface area contributed by atoms with Gasteiger partial charge in [0.1, 0.15) is 5.82 Å². The normalized spacial score (nSPS) is 10.4. The maximum absolute atomic E-state index is 12.8. The van der Waals surface area contributed by atoms with Gasteiger partial charge in [0, 0.05) is 11.8 Å². The van der Waals surface area contributed by atoms with Gasteiger partial charge in [0.05, 0.1) is 22.8 Å². The summed E-state index contributed by atoms with van der Waals surface area (Å²) in [5.74, 6) is -0.269. The molecule has 0 atom stereocenters. The van der Waals surface area contributed by atoms with Gasteiger partial charge < -0.3 is 0 Å². The third kappa shape index (κ3) is 1.72. The molecule has 2 heterocycles. The van der Waals surface area contributed by atoms with Gasteiger partial charge in [-0.25, -0.2) is 8.91 Å². The number of hydrogen-bond donors (Lipinski definition) is 0. The van der Waals surface area contributed by atoms with E-state index in [0.29, 0.717) is 5.56 Å². The van der Waals surface area contributed by atoms with Crippen LogP contribution < -0.4 is 0 Å². The number of rotatable bonds is 1. The van der Waals surface area contributed by atoms with Crippen molar-refractivity contribution in [2.45, 2.75) is 0 Å². The number of pyridine rings is 1. The molecule has 3 rings (SSSR count). The van der Waals surface area contributed by atoms with Crippen molar-refractivity contribution in [1.29, 1.82) is 5.26 Å². The summed E-state index contributed by atoms with van der Waals surface area (Å²) in [7, 11) is 0. The Morgan fingerprint density at radius 1 is 1.11 bits per heavy atom. The van der Waals surface area contributed by atoms with Gasteiger partial charge in [0.2, 0.25) is 0 Å². The van der Waals surface area contributed by atoms with E-state index >= 15 is 0 Å². The minimum absolute atomic E-state index is 0.269. The predicted octanol–water partition coefficient (Wildman–Crippen LogP) is 3.01. The minimum atomic E-state index is -0.269. The lowest BCUT2D eigenvalue weighted by molar-refractivity contribution is 0.628. The van der Waals surface area contributed by atoms with E-state index < -0.39 is 0 Å². The van der Waals surface area contributed by atoms with Crippen molar-refractivity contribution in [2.24, 2.45) is 0 Å². The second-order valence-corrected chi connectivity index (χ2v) is 3.93. The van der Waals surface area contributed by atoms with Gasteiger partial charge in [-0.3, -0.25) is 0 Å². The average molecular weight is 237 g/mol. The highest BCUT2D eigenvalue weighted by atomic mass is 19.1. The first kappa shape index (κ1) is 10.5. The van der Waals surface area contributed by atoms with Gasteiger partial charge in [-0.2, -0.15) is 10.4 Å². The van der Waals surface area contributed by atoms with Crippen LogP contribution in [-0.4, -0.2) is 9.61 Å². The van der Waals surface area contributed by atoms with E-state index in [-0.39, 0.29) is 5.82 Å². The zero-order valence-corrected chi connectivity index (χ0v) is 9.34. The topological polar surface area (TPSA) is 41.1 Å². The predicted molar refractivity (Wildman–Crippen MR) is 65.3 cm³/mol. The van der Waals surface area contributed by atoms with Crippen LogP contribution in [0.1, 0.15) is 5.56 Å². The quantitative estimate of drug-likeness (QED) is 0.652. The molecule has 0 N–H and O–H groups in total. The Labute approximate surface area is 103 Å². The molecule has 1 aromatic carbocycles. The summed E-state index contributed by atoms with van der Waals surface area (Å²) in [6, 6.07) is 13.6. The van der Waals surface area contributed by atoms with Crippen LogP contribution in [0, 0.1) is 17.1 Å². The van der Waals surface area contributed by atoms with Crippen LogP contribution >= 0.6 is 0 Å². The molecule has 2 aromatic heterocycles. The Hall–Kier alpha value is -2.67. The number of nitrogens with zero attached hydrogens (tertiary/aromatic N) is 3. The summed E-state index contributed by atoms with van der Waals surface area (Å²) >= 11 is 0. The van der Waals surface area contributed by atoms with E-state index in [2.05, 4.69) is 11.2 Å². The fourth-order valence-electron chi connectivity index (χ4n) is 1.83. The first-order valence-electron chi connectivity index (χ1n) is 5.42. The van der Waals surface area contributed by atoms with Crippen LogP contribution in [0.2, 0.25) is 0 Å². The smallest absolute Gasteiger partial charge is 0.123 e. The van der Waals surface area contributed by atoms with Gasteiger partial charge in [0.15, 0.2) is 0 Å². The van der Waals surface area contributed by atoms with E-state index in [9.17, 15) is 4.39 Å². The largest absolute Gasteiger partial charge is 0.240 e. The highest BCUT2D eigenvalue weighted by molar-refractivity contribution is 5.66. The zero-order chi connectivity index (χ0) is 12.5. The molecular formula is C14H8FN3. The van der Waals surface area contributed by atoms with Gasteiger partial charge in [-0.15, -0.1) is 0 Å². The molecule has 4 heteroatoms. The first-order chi connectivity index (χ1) is 8.76. The Bertz CT molecular complexity index is 751. The molecule has 86 valence electrons. The van der Waals surface area contributed by atoms with E-state index in [4.69, 9.17) is 5.26 Å². The standard InChI is InChI=1S/C14H8FN3/c15-12-3-1-11(2-4-12)14-8-13-7-10(9-16)5-6-18(13)17-14/h1-8H. The van der Waals surface area contributed by atoms with Crippen molar-refractivity contribution in [1.82, 2.24) is 9.61 Å². The molecule has 18 heavy (non-hydrogen) atoms. The molecule has 0 fully saturated rings. The molecule has 3 nitrogen and oxygen atoms in total. The number of benzene rings is 1. The fraction of sp³-hybridized carbons (Fsp3) is 0. The van der Waals surface area contributed by atoms with Crippen molar-refractivity contribution >= 4 is 5.52 Å². The SMILES string of the molecule is N#Cc1ccn2nc(-c3ccc(F)cc3)cc2c1. The molecule has 0 spiro atoms. The number of halogens is 1. The number of aromatic nitrogens is 2. The van der Waals surface area contributed by atoms with Crippen LogP contribution in [0.15, 0.2) is 48.7 Å². The van der Waals surface area contributed by atoms with Crippen molar-refractivity contribution in [3.8, 4) is 17.3 Å². The first-order valence-corrected chi connectivity index (χ1v) is 5.42. The highest BCUT2D eigenvalue weighted by Gasteiger charge is 2.05. The summed E-state index contributed by atoms with van der Waals surface area (Å²) < 4.78 is 14.5. The number of nitriles is 1. The molecule has 0 bridgehead atoms. The molecular weight excluding hydrogens is 229 g/mol. The summed E-state index contributed by atoms with van der Waals surface area (Å²) in [5, 5.41) is 13.2. The van der Waals surface area contributed by atoms with Gasteiger partial charge >= 0.3 is 0 Å². The summed E-state index contributed by atoms with van der Waals surface area (Å²) in [5.41, 5.74) is 3.03. The maximum atomic E-state index is 12.8. The monoisotopic (exact) mass is 237 g/mol. The number of fused-ring (bicyclic) bond motifs is 1. The molecule has 0 aliphatic carbocycles. The average Bonchev–Trinajstić information content (AvgIpc) is 2.82. The Morgan fingerprint density at radius 2 is 1.89 bits per heavy atom. The fourth-order valence-corrected chi connectivity index (χ4v) is 1.83. The van der Waals surface area contributed by atoms with Crippen molar-refractivity contribution in [3.05, 3.63) is 60.0 Å². The Morgan fingerprint density at radius 3 is 2.61 bits per heavy atom. The summed E-state index contributed by atoms with van der Waals surface area (Å²) in [4.78, 5) is 0. The molecule has 3 aromatic rings. The molecule has 0 aliphatic heterocycles. The van der Waals surface area contributed by atoms with Crippen molar-refractivity contribution in [2.75, 3.05) is 0 Å². The minimum Gasteiger partial charge on any atom is -0.240 e. The highest BCUT2D eigenvalue weighted by Crippen LogP contribution is 2.20. The maximum Gasteiger partial charge on any atom is 0.123 e. The lowest BCUT2D eigenvalue weighted by Gasteiger charge is -1.94. The molecule has 0 saturated heterocycles. The third-order valence-electron chi connectivity index (χ3n) is 2.73. The van der Waals surface area contributed by atoms with Crippen LogP contribution in [-0.2, 0) is 0 Å². The van der Waals surface area contributed by atoms with Gasteiger partial charge in [-0.05, 0) is 42.5 Å². The molecule has 0 radical (unpaired) electrons. The lowest BCUT2D eigenvalue weighted by atomic mass is 10.1. The number of hydrogen-bond acceptors (Lipinski definition) is 2. The van der Waals surface area contributed by atoms with Crippen molar-refractivity contribution < 1.29 is 4.39 Å². The van der Waals surface area contributed by atoms with Crippen LogP contribution in [0.4, 0.5) is 4.39 Å². The Kier molecular flexibility index (Phi) is 2.31.